The number of hydrogen-bond donors (Lipinski definition) is 0. The predicted octanol–water partition coefficient (Wildman–Crippen LogP) is 4.56. The molecule has 0 spiro atoms. The van der Waals surface area contributed by atoms with Crippen molar-refractivity contribution in [2.24, 2.45) is 17.8 Å². The zero-order valence-corrected chi connectivity index (χ0v) is 13.5. The molecule has 0 saturated carbocycles. The molecule has 2 unspecified atom stereocenters. The lowest BCUT2D eigenvalue weighted by Gasteiger charge is -2.25. The standard InChI is InChI=1S/C15H30BrN/c1-4-6-14(11-16)12-17-9-5-7-15(8-10-17)13(2)3/h13-15H,4-12H2,1-3H3. The largest absolute Gasteiger partial charge is 0.303 e. The summed E-state index contributed by atoms with van der Waals surface area (Å²) in [7, 11) is 0. The van der Waals surface area contributed by atoms with E-state index in [1.54, 1.807) is 0 Å². The molecule has 1 aliphatic heterocycles. The Kier molecular flexibility index (Phi) is 7.77. The van der Waals surface area contributed by atoms with Gasteiger partial charge in [-0.1, -0.05) is 43.1 Å². The molecule has 0 aromatic rings. The summed E-state index contributed by atoms with van der Waals surface area (Å²) >= 11 is 3.67. The zero-order chi connectivity index (χ0) is 12.7. The van der Waals surface area contributed by atoms with Crippen LogP contribution in [-0.2, 0) is 0 Å². The highest BCUT2D eigenvalue weighted by molar-refractivity contribution is 9.09. The van der Waals surface area contributed by atoms with Gasteiger partial charge in [0.05, 0.1) is 0 Å². The molecule has 1 nitrogen and oxygen atoms in total. The second-order valence-corrected chi connectivity index (χ2v) is 6.69. The van der Waals surface area contributed by atoms with Gasteiger partial charge in [0, 0.05) is 11.9 Å². The van der Waals surface area contributed by atoms with Crippen LogP contribution >= 0.6 is 15.9 Å². The first kappa shape index (κ1) is 15.5. The third-order valence-electron chi connectivity index (χ3n) is 4.24. The summed E-state index contributed by atoms with van der Waals surface area (Å²) in [6, 6.07) is 0. The van der Waals surface area contributed by atoms with E-state index in [1.807, 2.05) is 0 Å². The zero-order valence-electron chi connectivity index (χ0n) is 11.9. The molecule has 2 heteroatoms. The highest BCUT2D eigenvalue weighted by Crippen LogP contribution is 2.25. The van der Waals surface area contributed by atoms with Gasteiger partial charge in [-0.15, -0.1) is 0 Å². The molecule has 0 N–H and O–H groups in total. The molecule has 1 aliphatic rings. The molecule has 2 atom stereocenters. The summed E-state index contributed by atoms with van der Waals surface area (Å²) in [5, 5.41) is 1.17. The van der Waals surface area contributed by atoms with Crippen LogP contribution in [0.3, 0.4) is 0 Å². The highest BCUT2D eigenvalue weighted by atomic mass is 79.9. The second-order valence-electron chi connectivity index (χ2n) is 6.04. The molecule has 1 heterocycles. The van der Waals surface area contributed by atoms with E-state index < -0.39 is 0 Å². The Bertz CT molecular complexity index is 193. The number of alkyl halides is 1. The van der Waals surface area contributed by atoms with Crippen molar-refractivity contribution in [3.05, 3.63) is 0 Å². The topological polar surface area (TPSA) is 3.24 Å². The molecule has 0 amide bonds. The molecule has 1 rings (SSSR count). The van der Waals surface area contributed by atoms with Gasteiger partial charge in [-0.3, -0.25) is 0 Å². The Morgan fingerprint density at radius 3 is 2.59 bits per heavy atom. The normalized spacial score (nSPS) is 24.9. The van der Waals surface area contributed by atoms with Gasteiger partial charge < -0.3 is 4.90 Å². The van der Waals surface area contributed by atoms with Crippen LogP contribution < -0.4 is 0 Å². The predicted molar refractivity (Wildman–Crippen MR) is 80.8 cm³/mol. The van der Waals surface area contributed by atoms with E-state index >= 15 is 0 Å². The molecule has 0 radical (unpaired) electrons. The summed E-state index contributed by atoms with van der Waals surface area (Å²) in [4.78, 5) is 2.71. The number of nitrogens with zero attached hydrogens (tertiary/aromatic N) is 1. The van der Waals surface area contributed by atoms with Gasteiger partial charge >= 0.3 is 0 Å². The average Bonchev–Trinajstić information content (AvgIpc) is 2.54. The third kappa shape index (κ3) is 5.74. The lowest BCUT2D eigenvalue weighted by atomic mass is 9.89. The van der Waals surface area contributed by atoms with Gasteiger partial charge in [-0.2, -0.15) is 0 Å². The highest BCUT2D eigenvalue weighted by Gasteiger charge is 2.20. The first-order chi connectivity index (χ1) is 8.17. The van der Waals surface area contributed by atoms with Crippen molar-refractivity contribution in [3.8, 4) is 0 Å². The van der Waals surface area contributed by atoms with Crippen molar-refractivity contribution >= 4 is 15.9 Å². The maximum atomic E-state index is 3.67. The smallest absolute Gasteiger partial charge is 0.00718 e. The third-order valence-corrected chi connectivity index (χ3v) is 5.16. The minimum atomic E-state index is 0.857. The van der Waals surface area contributed by atoms with Crippen LogP contribution in [-0.4, -0.2) is 29.9 Å². The van der Waals surface area contributed by atoms with Gasteiger partial charge in [0.2, 0.25) is 0 Å². The summed E-state index contributed by atoms with van der Waals surface area (Å²) < 4.78 is 0. The van der Waals surface area contributed by atoms with E-state index in [9.17, 15) is 0 Å². The van der Waals surface area contributed by atoms with Crippen LogP contribution in [0.1, 0.15) is 52.9 Å². The molecule has 0 aromatic carbocycles. The van der Waals surface area contributed by atoms with Crippen molar-refractivity contribution < 1.29 is 0 Å². The molecule has 1 fully saturated rings. The van der Waals surface area contributed by atoms with E-state index in [0.29, 0.717) is 0 Å². The van der Waals surface area contributed by atoms with Gasteiger partial charge in [0.1, 0.15) is 0 Å². The Morgan fingerprint density at radius 1 is 1.24 bits per heavy atom. The molecule has 1 saturated heterocycles. The van der Waals surface area contributed by atoms with Crippen LogP contribution in [0.5, 0.6) is 0 Å². The molecule has 17 heavy (non-hydrogen) atoms. The Morgan fingerprint density at radius 2 is 2.00 bits per heavy atom. The minimum Gasteiger partial charge on any atom is -0.303 e. The summed E-state index contributed by atoms with van der Waals surface area (Å²) in [5.41, 5.74) is 0. The molecule has 0 aliphatic carbocycles. The van der Waals surface area contributed by atoms with Crippen LogP contribution in [0.25, 0.3) is 0 Å². The lowest BCUT2D eigenvalue weighted by Crippen LogP contribution is -2.31. The van der Waals surface area contributed by atoms with E-state index in [0.717, 1.165) is 17.8 Å². The number of hydrogen-bond acceptors (Lipinski definition) is 1. The van der Waals surface area contributed by atoms with Crippen molar-refractivity contribution in [1.29, 1.82) is 0 Å². The Hall–Kier alpha value is 0.440. The van der Waals surface area contributed by atoms with E-state index in [-0.39, 0.29) is 0 Å². The van der Waals surface area contributed by atoms with Crippen LogP contribution in [0.2, 0.25) is 0 Å². The monoisotopic (exact) mass is 303 g/mol. The summed E-state index contributed by atoms with van der Waals surface area (Å²) in [6.45, 7) is 11.0. The van der Waals surface area contributed by atoms with Gasteiger partial charge in [-0.25, -0.2) is 0 Å². The van der Waals surface area contributed by atoms with Crippen LogP contribution in [0, 0.1) is 17.8 Å². The van der Waals surface area contributed by atoms with E-state index in [1.165, 1.54) is 57.1 Å². The van der Waals surface area contributed by atoms with Gasteiger partial charge in [-0.05, 0) is 56.5 Å². The van der Waals surface area contributed by atoms with Crippen molar-refractivity contribution in [1.82, 2.24) is 4.90 Å². The quantitative estimate of drug-likeness (QED) is 0.650. The van der Waals surface area contributed by atoms with Crippen molar-refractivity contribution in [2.45, 2.75) is 52.9 Å². The summed E-state index contributed by atoms with van der Waals surface area (Å²) in [5.74, 6) is 2.70. The summed E-state index contributed by atoms with van der Waals surface area (Å²) in [6.07, 6.45) is 6.96. The fourth-order valence-electron chi connectivity index (χ4n) is 3.02. The maximum absolute atomic E-state index is 3.67. The Balaban J connectivity index is 2.35. The van der Waals surface area contributed by atoms with Crippen LogP contribution in [0.15, 0.2) is 0 Å². The second kappa shape index (κ2) is 8.53. The molecular weight excluding hydrogens is 274 g/mol. The van der Waals surface area contributed by atoms with Crippen LogP contribution in [0.4, 0.5) is 0 Å². The van der Waals surface area contributed by atoms with E-state index in [2.05, 4.69) is 41.6 Å². The van der Waals surface area contributed by atoms with Crippen molar-refractivity contribution in [3.63, 3.8) is 0 Å². The SMILES string of the molecule is CCCC(CBr)CN1CCCC(C(C)C)CC1. The minimum absolute atomic E-state index is 0.857. The lowest BCUT2D eigenvalue weighted by molar-refractivity contribution is 0.235. The van der Waals surface area contributed by atoms with Crippen molar-refractivity contribution in [2.75, 3.05) is 25.0 Å². The molecular formula is C15H30BrN. The fraction of sp³-hybridized carbons (Fsp3) is 1.00. The number of rotatable bonds is 6. The molecule has 0 bridgehead atoms. The van der Waals surface area contributed by atoms with E-state index in [4.69, 9.17) is 0 Å². The van der Waals surface area contributed by atoms with Gasteiger partial charge in [0.25, 0.3) is 0 Å². The number of halogens is 1. The maximum Gasteiger partial charge on any atom is 0.00718 e. The fourth-order valence-corrected chi connectivity index (χ4v) is 3.55. The molecule has 102 valence electrons. The van der Waals surface area contributed by atoms with Gasteiger partial charge in [0.15, 0.2) is 0 Å². The Labute approximate surface area is 116 Å². The first-order valence-corrected chi connectivity index (χ1v) is 8.57. The average molecular weight is 304 g/mol. The molecule has 0 aromatic heterocycles. The number of likely N-dealkylation sites (tertiary alicyclic amines) is 1. The first-order valence-electron chi connectivity index (χ1n) is 7.45.